The van der Waals surface area contributed by atoms with Gasteiger partial charge in [0.2, 0.25) is 0 Å². The van der Waals surface area contributed by atoms with Gasteiger partial charge in [0, 0.05) is 6.42 Å². The summed E-state index contributed by atoms with van der Waals surface area (Å²) < 4.78 is 79.2. The van der Waals surface area contributed by atoms with Crippen LogP contribution in [-0.4, -0.2) is 12.4 Å². The predicted octanol–water partition coefficient (Wildman–Crippen LogP) is 6.41. The first-order valence-electron chi connectivity index (χ1n) is 6.00. The van der Waals surface area contributed by atoms with Gasteiger partial charge >= 0.3 is 12.4 Å². The largest absolute Gasteiger partial charge is 0.468 e. The molecule has 2 rings (SSSR count). The molecular formula is C15H6Br2F6. The Morgan fingerprint density at radius 2 is 1.26 bits per heavy atom. The summed E-state index contributed by atoms with van der Waals surface area (Å²) in [6.45, 7) is 0. The topological polar surface area (TPSA) is 0 Å². The molecule has 0 saturated heterocycles. The van der Waals surface area contributed by atoms with Gasteiger partial charge in [-0.3, -0.25) is 0 Å². The van der Waals surface area contributed by atoms with E-state index in [2.05, 4.69) is 37.6 Å². The summed E-state index contributed by atoms with van der Waals surface area (Å²) >= 11 is 6.20. The first-order valence-corrected chi connectivity index (χ1v) is 7.59. The van der Waals surface area contributed by atoms with Crippen molar-refractivity contribution in [3.8, 4) is 0 Å². The van der Waals surface area contributed by atoms with Crippen LogP contribution in [0.5, 0.6) is 0 Å². The molecule has 0 spiro atoms. The van der Waals surface area contributed by atoms with Gasteiger partial charge in [0.25, 0.3) is 0 Å². The van der Waals surface area contributed by atoms with Gasteiger partial charge in [-0.05, 0) is 0 Å². The van der Waals surface area contributed by atoms with Crippen LogP contribution in [0.1, 0.15) is 0 Å². The van der Waals surface area contributed by atoms with E-state index < -0.39 is 29.1 Å². The third-order valence-electron chi connectivity index (χ3n) is 2.89. The Labute approximate surface area is 144 Å². The maximum Gasteiger partial charge on any atom is 0.468 e. The Bertz CT molecular complexity index is 655. The summed E-state index contributed by atoms with van der Waals surface area (Å²) in [5.41, 5.74) is -1.51. The fourth-order valence-corrected chi connectivity index (χ4v) is 3.10. The normalized spacial score (nSPS) is 19.0. The highest BCUT2D eigenvalue weighted by atomic mass is 79.9. The van der Waals surface area contributed by atoms with Gasteiger partial charge in [0.15, 0.2) is 11.1 Å². The Balaban J connectivity index is 2.76. The van der Waals surface area contributed by atoms with E-state index in [0.717, 1.165) is 6.42 Å². The van der Waals surface area contributed by atoms with E-state index in [4.69, 9.17) is 0 Å². The molecule has 0 nitrogen and oxygen atoms in total. The van der Waals surface area contributed by atoms with Crippen molar-refractivity contribution in [2.24, 2.45) is 0 Å². The van der Waals surface area contributed by atoms with Crippen molar-refractivity contribution in [1.29, 1.82) is 0 Å². The fraction of sp³-hybridized carbons (Fsp3) is 0.133. The fourth-order valence-electron chi connectivity index (χ4n) is 1.90. The van der Waals surface area contributed by atoms with Crippen molar-refractivity contribution in [3.63, 3.8) is 0 Å². The minimum absolute atomic E-state index is 0.0645. The molecule has 0 fully saturated rings. The van der Waals surface area contributed by atoms with Crippen LogP contribution in [0.25, 0.3) is 0 Å². The molecule has 2 aliphatic carbocycles. The SMILES string of the molecule is FC(F)(F)C1=C[CH+]C=C(C(F)(F)F)C1=C=C1C(Br)=C[CH-]C=C1Br. The predicted molar refractivity (Wildman–Crippen MR) is 81.4 cm³/mol. The number of hydrogen-bond donors (Lipinski definition) is 0. The van der Waals surface area contributed by atoms with Crippen LogP contribution >= 0.6 is 31.9 Å². The highest BCUT2D eigenvalue weighted by Gasteiger charge is 2.52. The molecule has 0 aromatic heterocycles. The molecular weight excluding hydrogens is 454 g/mol. The molecule has 0 radical (unpaired) electrons. The maximum atomic E-state index is 13.1. The summed E-state index contributed by atoms with van der Waals surface area (Å²) in [7, 11) is 0. The van der Waals surface area contributed by atoms with Gasteiger partial charge in [-0.25, -0.2) is 0 Å². The summed E-state index contributed by atoms with van der Waals surface area (Å²) in [4.78, 5) is 0. The lowest BCUT2D eigenvalue weighted by Gasteiger charge is -2.19. The van der Waals surface area contributed by atoms with Crippen LogP contribution in [0.4, 0.5) is 26.3 Å². The summed E-state index contributed by atoms with van der Waals surface area (Å²) in [5, 5.41) is 0. The highest BCUT2D eigenvalue weighted by molar-refractivity contribution is 9.12. The van der Waals surface area contributed by atoms with E-state index in [1.807, 2.05) is 0 Å². The van der Waals surface area contributed by atoms with E-state index in [-0.39, 0.29) is 5.57 Å². The molecule has 0 aliphatic heterocycles. The second-order valence-corrected chi connectivity index (χ2v) is 6.15. The minimum Gasteiger partial charge on any atom is -0.168 e. The lowest BCUT2D eigenvalue weighted by atomic mass is 9.90. The molecule has 23 heavy (non-hydrogen) atoms. The van der Waals surface area contributed by atoms with Crippen LogP contribution in [0, 0.1) is 12.8 Å². The summed E-state index contributed by atoms with van der Waals surface area (Å²) in [5.74, 6) is 0. The maximum absolute atomic E-state index is 13.1. The molecule has 8 heteroatoms. The second kappa shape index (κ2) is 6.34. The van der Waals surface area contributed by atoms with Crippen molar-refractivity contribution in [2.45, 2.75) is 12.4 Å². The van der Waals surface area contributed by atoms with Gasteiger partial charge in [0.05, 0.1) is 12.2 Å². The van der Waals surface area contributed by atoms with E-state index in [9.17, 15) is 26.3 Å². The molecule has 0 heterocycles. The number of allylic oxidation sites excluding steroid dienone is 9. The van der Waals surface area contributed by atoms with E-state index in [1.165, 1.54) is 12.2 Å². The van der Waals surface area contributed by atoms with Crippen molar-refractivity contribution in [2.75, 3.05) is 0 Å². The van der Waals surface area contributed by atoms with Crippen molar-refractivity contribution in [1.82, 2.24) is 0 Å². The van der Waals surface area contributed by atoms with E-state index in [1.54, 1.807) is 6.42 Å². The van der Waals surface area contributed by atoms with Gasteiger partial charge in [-0.1, -0.05) is 20.3 Å². The standard InChI is InChI=1S/C15H6Br2F6/c16-12-5-2-6-13(17)9(12)7-8-10(14(18,19)20)3-1-4-11(8)15(21,22)23/h1-6H. The lowest BCUT2D eigenvalue weighted by Crippen LogP contribution is -2.23. The quantitative estimate of drug-likeness (QED) is 0.223. The third-order valence-corrected chi connectivity index (χ3v) is 4.21. The molecule has 122 valence electrons. The average molecular weight is 460 g/mol. The minimum atomic E-state index is -4.93. The zero-order valence-electron chi connectivity index (χ0n) is 11.0. The summed E-state index contributed by atoms with van der Waals surface area (Å²) in [6.07, 6.45) is -3.36. The van der Waals surface area contributed by atoms with Crippen LogP contribution in [0.2, 0.25) is 0 Å². The monoisotopic (exact) mass is 458 g/mol. The zero-order valence-corrected chi connectivity index (χ0v) is 14.2. The van der Waals surface area contributed by atoms with Crippen LogP contribution < -0.4 is 0 Å². The number of halogens is 8. The van der Waals surface area contributed by atoms with Crippen molar-refractivity contribution < 1.29 is 26.3 Å². The lowest BCUT2D eigenvalue weighted by molar-refractivity contribution is -0.0976. The third kappa shape index (κ3) is 4.00. The molecule has 0 atom stereocenters. The molecule has 0 unspecified atom stereocenters. The first kappa shape index (κ1) is 18.1. The van der Waals surface area contributed by atoms with Crippen LogP contribution in [0.15, 0.2) is 61.3 Å². The number of rotatable bonds is 0. The van der Waals surface area contributed by atoms with E-state index >= 15 is 0 Å². The van der Waals surface area contributed by atoms with Gasteiger partial charge in [0.1, 0.15) is 5.57 Å². The average Bonchev–Trinajstić information content (AvgIpc) is 2.40. The molecule has 0 aromatic rings. The molecule has 0 aromatic carbocycles. The van der Waals surface area contributed by atoms with Gasteiger partial charge < -0.3 is 0 Å². The zero-order chi connectivity index (χ0) is 17.4. The summed E-state index contributed by atoms with van der Waals surface area (Å²) in [6, 6.07) is 0. The number of alkyl halides is 6. The van der Waals surface area contributed by atoms with Crippen molar-refractivity contribution >= 4 is 31.9 Å². The second-order valence-electron chi connectivity index (χ2n) is 4.45. The van der Waals surface area contributed by atoms with E-state index in [0.29, 0.717) is 21.1 Å². The highest BCUT2D eigenvalue weighted by Crippen LogP contribution is 2.44. The molecule has 2 aliphatic rings. The Hall–Kier alpha value is -1.24. The van der Waals surface area contributed by atoms with Gasteiger partial charge in [-0.2, -0.15) is 44.9 Å². The molecule has 0 saturated carbocycles. The Morgan fingerprint density at radius 3 is 1.65 bits per heavy atom. The number of hydrogen-bond acceptors (Lipinski definition) is 0. The van der Waals surface area contributed by atoms with Gasteiger partial charge in [-0.15, -0.1) is 31.9 Å². The smallest absolute Gasteiger partial charge is 0.168 e. The Kier molecular flexibility index (Phi) is 4.99. The van der Waals surface area contributed by atoms with Crippen LogP contribution in [0.3, 0.4) is 0 Å². The molecule has 0 bridgehead atoms. The molecule has 0 N–H and O–H groups in total. The van der Waals surface area contributed by atoms with Crippen molar-refractivity contribution in [3.05, 3.63) is 74.1 Å². The first-order chi connectivity index (χ1) is 10.5. The molecule has 0 amide bonds. The Morgan fingerprint density at radius 1 is 0.826 bits per heavy atom. The van der Waals surface area contributed by atoms with Crippen LogP contribution in [-0.2, 0) is 0 Å².